The molecule has 0 aliphatic heterocycles. The van der Waals surface area contributed by atoms with Gasteiger partial charge in [0, 0.05) is 12.3 Å². The van der Waals surface area contributed by atoms with Crippen molar-refractivity contribution >= 4 is 5.97 Å². The molecule has 0 aromatic rings. The highest BCUT2D eigenvalue weighted by Gasteiger charge is 2.68. The zero-order valence-electron chi connectivity index (χ0n) is 23.7. The summed E-state index contributed by atoms with van der Waals surface area (Å²) in [5.41, 5.74) is 3.44. The molecular formula is C32H52O2. The Labute approximate surface area is 210 Å². The third kappa shape index (κ3) is 3.08. The van der Waals surface area contributed by atoms with Crippen LogP contribution >= 0.6 is 0 Å². The number of carbonyl (C=O) groups is 1. The molecule has 0 radical (unpaired) electrons. The zero-order valence-corrected chi connectivity index (χ0v) is 23.7. The predicted molar refractivity (Wildman–Crippen MR) is 140 cm³/mol. The molecule has 0 heterocycles. The summed E-state index contributed by atoms with van der Waals surface area (Å²) in [6, 6.07) is 0. The summed E-state index contributed by atoms with van der Waals surface area (Å²) >= 11 is 0. The van der Waals surface area contributed by atoms with Crippen LogP contribution in [-0.2, 0) is 9.53 Å². The van der Waals surface area contributed by atoms with E-state index < -0.39 is 0 Å². The molecular weight excluding hydrogens is 416 g/mol. The van der Waals surface area contributed by atoms with Crippen LogP contribution in [0, 0.1) is 56.7 Å². The van der Waals surface area contributed by atoms with Crippen LogP contribution in [0.15, 0.2) is 11.6 Å². The first kappa shape index (κ1) is 24.9. The van der Waals surface area contributed by atoms with Gasteiger partial charge in [-0.05, 0) is 109 Å². The normalized spacial score (nSPS) is 54.0. The summed E-state index contributed by atoms with van der Waals surface area (Å²) < 4.78 is 5.91. The highest BCUT2D eigenvalue weighted by atomic mass is 16.5. The minimum Gasteiger partial charge on any atom is -0.462 e. The van der Waals surface area contributed by atoms with Crippen molar-refractivity contribution in [3.63, 3.8) is 0 Å². The Morgan fingerprint density at radius 1 is 0.882 bits per heavy atom. The van der Waals surface area contributed by atoms with E-state index in [1.54, 1.807) is 6.92 Å². The molecule has 4 fully saturated rings. The maximum absolute atomic E-state index is 11.9. The second-order valence-corrected chi connectivity index (χ2v) is 15.3. The average molecular weight is 469 g/mol. The van der Waals surface area contributed by atoms with Gasteiger partial charge in [-0.3, -0.25) is 4.79 Å². The quantitative estimate of drug-likeness (QED) is 0.284. The van der Waals surface area contributed by atoms with Gasteiger partial charge < -0.3 is 4.74 Å². The van der Waals surface area contributed by atoms with Crippen molar-refractivity contribution in [3.8, 4) is 0 Å². The topological polar surface area (TPSA) is 26.3 Å². The first-order valence-electron chi connectivity index (χ1n) is 14.6. The van der Waals surface area contributed by atoms with Crippen LogP contribution in [0.5, 0.6) is 0 Å². The molecule has 4 saturated carbocycles. The fourth-order valence-corrected chi connectivity index (χ4v) is 11.2. The minimum atomic E-state index is -0.110. The number of rotatable bonds is 1. The number of fused-ring (bicyclic) bond motifs is 7. The lowest BCUT2D eigenvalue weighted by atomic mass is 9.33. The minimum absolute atomic E-state index is 0.0450. The Hall–Kier alpha value is -0.790. The smallest absolute Gasteiger partial charge is 0.302 e. The molecule has 0 aromatic heterocycles. The molecule has 34 heavy (non-hydrogen) atoms. The molecule has 10 atom stereocenters. The SMILES string of the molecule is CC(=O)O[C@@H]1CC[C@@]2(C)[C@@H](CC[C@]3(C)[C@H]2CC=C2[C@@H]4[C@H](C)[C@H](C)CC[C@]4(C)CC[C@]23C)C1(C)C. The van der Waals surface area contributed by atoms with E-state index in [1.165, 1.54) is 51.4 Å². The molecule has 0 N–H and O–H groups in total. The van der Waals surface area contributed by atoms with Crippen molar-refractivity contribution in [2.75, 3.05) is 0 Å². The van der Waals surface area contributed by atoms with Gasteiger partial charge in [0.2, 0.25) is 0 Å². The second-order valence-electron chi connectivity index (χ2n) is 15.3. The lowest BCUT2D eigenvalue weighted by molar-refractivity contribution is -0.212. The van der Waals surface area contributed by atoms with Crippen LogP contribution in [0.4, 0.5) is 0 Å². The van der Waals surface area contributed by atoms with Crippen LogP contribution in [0.1, 0.15) is 120 Å². The van der Waals surface area contributed by atoms with Gasteiger partial charge in [0.25, 0.3) is 0 Å². The lowest BCUT2D eigenvalue weighted by Gasteiger charge is -2.71. The molecule has 2 nitrogen and oxygen atoms in total. The first-order valence-corrected chi connectivity index (χ1v) is 14.6. The average Bonchev–Trinajstić information content (AvgIpc) is 2.74. The number of hydrogen-bond acceptors (Lipinski definition) is 2. The van der Waals surface area contributed by atoms with Gasteiger partial charge in [0.15, 0.2) is 0 Å². The monoisotopic (exact) mass is 468 g/mol. The Morgan fingerprint density at radius 3 is 2.26 bits per heavy atom. The summed E-state index contributed by atoms with van der Waals surface area (Å²) in [5, 5.41) is 0. The highest BCUT2D eigenvalue weighted by Crippen LogP contribution is 2.75. The molecule has 192 valence electrons. The summed E-state index contributed by atoms with van der Waals surface area (Å²) in [4.78, 5) is 11.9. The predicted octanol–water partition coefficient (Wildman–Crippen LogP) is 8.60. The second kappa shape index (κ2) is 7.61. The molecule has 5 aliphatic carbocycles. The zero-order chi connectivity index (χ0) is 24.9. The van der Waals surface area contributed by atoms with E-state index in [9.17, 15) is 4.79 Å². The largest absolute Gasteiger partial charge is 0.462 e. The Kier molecular flexibility index (Phi) is 5.57. The fraction of sp³-hybridized carbons (Fsp3) is 0.906. The van der Waals surface area contributed by atoms with E-state index in [-0.39, 0.29) is 17.5 Å². The number of carbonyl (C=O) groups excluding carboxylic acids is 1. The highest BCUT2D eigenvalue weighted by molar-refractivity contribution is 5.66. The van der Waals surface area contributed by atoms with E-state index in [4.69, 9.17) is 4.74 Å². The van der Waals surface area contributed by atoms with E-state index in [0.29, 0.717) is 27.6 Å². The molecule has 0 bridgehead atoms. The fourth-order valence-electron chi connectivity index (χ4n) is 11.2. The van der Waals surface area contributed by atoms with Crippen LogP contribution in [0.3, 0.4) is 0 Å². The van der Waals surface area contributed by atoms with E-state index in [2.05, 4.69) is 61.5 Å². The van der Waals surface area contributed by atoms with Crippen LogP contribution in [0.25, 0.3) is 0 Å². The summed E-state index contributed by atoms with van der Waals surface area (Å²) in [5.74, 6) is 3.66. The third-order valence-electron chi connectivity index (χ3n) is 13.6. The molecule has 5 aliphatic rings. The van der Waals surface area contributed by atoms with Gasteiger partial charge in [-0.25, -0.2) is 0 Å². The van der Waals surface area contributed by atoms with Gasteiger partial charge in [-0.2, -0.15) is 0 Å². The van der Waals surface area contributed by atoms with Crippen LogP contribution < -0.4 is 0 Å². The van der Waals surface area contributed by atoms with Crippen molar-refractivity contribution in [1.82, 2.24) is 0 Å². The Balaban J connectivity index is 1.54. The third-order valence-corrected chi connectivity index (χ3v) is 13.6. The molecule has 5 rings (SSSR count). The molecule has 0 saturated heterocycles. The molecule has 0 spiro atoms. The number of ether oxygens (including phenoxy) is 1. The van der Waals surface area contributed by atoms with E-state index in [0.717, 1.165) is 30.1 Å². The van der Waals surface area contributed by atoms with Crippen molar-refractivity contribution in [2.45, 2.75) is 126 Å². The van der Waals surface area contributed by atoms with Gasteiger partial charge in [-0.1, -0.05) is 67.0 Å². The van der Waals surface area contributed by atoms with Crippen molar-refractivity contribution < 1.29 is 9.53 Å². The van der Waals surface area contributed by atoms with Crippen molar-refractivity contribution in [3.05, 3.63) is 11.6 Å². The van der Waals surface area contributed by atoms with E-state index in [1.807, 2.05) is 5.57 Å². The van der Waals surface area contributed by atoms with E-state index >= 15 is 0 Å². The summed E-state index contributed by atoms with van der Waals surface area (Å²) in [6.07, 6.45) is 14.6. The summed E-state index contributed by atoms with van der Waals surface area (Å²) in [7, 11) is 0. The summed E-state index contributed by atoms with van der Waals surface area (Å²) in [6.45, 7) is 22.1. The molecule has 2 heteroatoms. The standard InChI is InChI=1S/C32H52O2/c1-20-12-15-29(6)18-19-31(8)23(27(29)21(20)2)10-11-25-30(7)16-14-26(34-22(3)33)28(4,5)24(30)13-17-32(25,31)9/h10,20-21,24-27H,11-19H2,1-9H3/t20-,21-,24+,25+,26-,27+,29-,30+,31-,32-/m1/s1. The number of allylic oxidation sites excluding steroid dienone is 2. The molecule has 0 aromatic carbocycles. The van der Waals surface area contributed by atoms with Gasteiger partial charge >= 0.3 is 5.97 Å². The molecule has 0 unspecified atom stereocenters. The maximum Gasteiger partial charge on any atom is 0.302 e. The first-order chi connectivity index (χ1) is 15.7. The van der Waals surface area contributed by atoms with Crippen LogP contribution in [-0.4, -0.2) is 12.1 Å². The maximum atomic E-state index is 11.9. The van der Waals surface area contributed by atoms with Crippen LogP contribution in [0.2, 0.25) is 0 Å². The lowest BCUT2D eigenvalue weighted by Crippen LogP contribution is -2.65. The van der Waals surface area contributed by atoms with Crippen molar-refractivity contribution in [1.29, 1.82) is 0 Å². The van der Waals surface area contributed by atoms with Gasteiger partial charge in [0.05, 0.1) is 0 Å². The Morgan fingerprint density at radius 2 is 1.59 bits per heavy atom. The van der Waals surface area contributed by atoms with Gasteiger partial charge in [-0.15, -0.1) is 0 Å². The molecule has 0 amide bonds. The number of esters is 1. The van der Waals surface area contributed by atoms with Gasteiger partial charge in [0.1, 0.15) is 6.10 Å². The Bertz CT molecular complexity index is 885. The number of hydrogen-bond donors (Lipinski definition) is 0. The van der Waals surface area contributed by atoms with Crippen molar-refractivity contribution in [2.24, 2.45) is 56.7 Å².